The fourth-order valence-electron chi connectivity index (χ4n) is 2.41. The van der Waals surface area contributed by atoms with E-state index in [9.17, 15) is 4.21 Å². The maximum Gasteiger partial charge on any atom is 0.134 e. The predicted octanol–water partition coefficient (Wildman–Crippen LogP) is 3.25. The van der Waals surface area contributed by atoms with Crippen LogP contribution in [0.15, 0.2) is 71.9 Å². The standard InChI is InChI=1S/C18H18N2O2S/c1-22-16-9-5-6-10-17(16)23(21)14-18-19-11-12-20(18)13-15-7-3-2-4-8-15/h2-12H,13-14H2,1H3. The molecule has 3 aromatic rings. The molecule has 0 N–H and O–H groups in total. The molecule has 1 atom stereocenters. The zero-order valence-corrected chi connectivity index (χ0v) is 13.7. The van der Waals surface area contributed by atoms with Gasteiger partial charge < -0.3 is 9.30 Å². The lowest BCUT2D eigenvalue weighted by molar-refractivity contribution is 0.404. The second-order valence-electron chi connectivity index (χ2n) is 5.10. The molecule has 0 spiro atoms. The summed E-state index contributed by atoms with van der Waals surface area (Å²) >= 11 is 0. The first-order chi connectivity index (χ1) is 11.3. The minimum atomic E-state index is -1.20. The molecular weight excluding hydrogens is 308 g/mol. The molecular formula is C18H18N2O2S. The highest BCUT2D eigenvalue weighted by Gasteiger charge is 2.14. The number of aromatic nitrogens is 2. The van der Waals surface area contributed by atoms with Crippen LogP contribution in [-0.2, 0) is 23.1 Å². The van der Waals surface area contributed by atoms with Gasteiger partial charge in [0.1, 0.15) is 11.6 Å². The van der Waals surface area contributed by atoms with Gasteiger partial charge in [-0.3, -0.25) is 4.21 Å². The van der Waals surface area contributed by atoms with Crippen LogP contribution in [0.5, 0.6) is 5.75 Å². The van der Waals surface area contributed by atoms with Crippen LogP contribution in [0.4, 0.5) is 0 Å². The van der Waals surface area contributed by atoms with Crippen molar-refractivity contribution in [1.29, 1.82) is 0 Å². The second kappa shape index (κ2) is 7.24. The Balaban J connectivity index is 1.79. The Morgan fingerprint density at radius 1 is 1.09 bits per heavy atom. The van der Waals surface area contributed by atoms with Gasteiger partial charge in [-0.1, -0.05) is 42.5 Å². The third-order valence-corrected chi connectivity index (χ3v) is 4.92. The number of para-hydroxylation sites is 1. The molecule has 4 nitrogen and oxygen atoms in total. The topological polar surface area (TPSA) is 44.1 Å². The minimum absolute atomic E-state index is 0.361. The molecule has 0 fully saturated rings. The van der Waals surface area contributed by atoms with Gasteiger partial charge >= 0.3 is 0 Å². The summed E-state index contributed by atoms with van der Waals surface area (Å²) in [6.07, 6.45) is 3.67. The first-order valence-electron chi connectivity index (χ1n) is 7.33. The average molecular weight is 326 g/mol. The number of nitrogens with zero attached hydrogens (tertiary/aromatic N) is 2. The Bertz CT molecular complexity index is 800. The third kappa shape index (κ3) is 3.68. The van der Waals surface area contributed by atoms with E-state index in [-0.39, 0.29) is 0 Å². The third-order valence-electron chi connectivity index (χ3n) is 3.57. The van der Waals surface area contributed by atoms with Crippen LogP contribution in [0.2, 0.25) is 0 Å². The number of benzene rings is 2. The monoisotopic (exact) mass is 326 g/mol. The van der Waals surface area contributed by atoms with E-state index in [2.05, 4.69) is 17.1 Å². The molecule has 118 valence electrons. The fourth-order valence-corrected chi connectivity index (χ4v) is 3.64. The van der Waals surface area contributed by atoms with E-state index < -0.39 is 10.8 Å². The average Bonchev–Trinajstić information content (AvgIpc) is 3.02. The van der Waals surface area contributed by atoms with E-state index in [0.717, 1.165) is 12.4 Å². The maximum atomic E-state index is 12.7. The number of hydrogen-bond donors (Lipinski definition) is 0. The maximum absolute atomic E-state index is 12.7. The minimum Gasteiger partial charge on any atom is -0.495 e. The molecule has 0 saturated heterocycles. The highest BCUT2D eigenvalue weighted by Crippen LogP contribution is 2.23. The van der Waals surface area contributed by atoms with Gasteiger partial charge in [0.05, 0.1) is 28.6 Å². The molecule has 3 rings (SSSR count). The van der Waals surface area contributed by atoms with Crippen molar-refractivity contribution in [2.75, 3.05) is 7.11 Å². The molecule has 0 aliphatic heterocycles. The number of ether oxygens (including phenoxy) is 1. The van der Waals surface area contributed by atoms with E-state index in [0.29, 0.717) is 16.4 Å². The predicted molar refractivity (Wildman–Crippen MR) is 90.9 cm³/mol. The van der Waals surface area contributed by atoms with E-state index in [4.69, 9.17) is 4.74 Å². The van der Waals surface area contributed by atoms with E-state index in [1.165, 1.54) is 5.56 Å². The van der Waals surface area contributed by atoms with Crippen LogP contribution >= 0.6 is 0 Å². The summed E-state index contributed by atoms with van der Waals surface area (Å²) in [5.41, 5.74) is 1.19. The SMILES string of the molecule is COc1ccccc1S(=O)Cc1nccn1Cc1ccccc1. The van der Waals surface area contributed by atoms with Crippen molar-refractivity contribution in [3.05, 3.63) is 78.4 Å². The van der Waals surface area contributed by atoms with Crippen molar-refractivity contribution in [2.24, 2.45) is 0 Å². The normalized spacial score (nSPS) is 12.0. The lowest BCUT2D eigenvalue weighted by Crippen LogP contribution is -2.08. The van der Waals surface area contributed by atoms with Crippen LogP contribution in [0.1, 0.15) is 11.4 Å². The van der Waals surface area contributed by atoms with Gasteiger partial charge in [-0.25, -0.2) is 4.98 Å². The van der Waals surface area contributed by atoms with E-state index in [1.54, 1.807) is 13.3 Å². The molecule has 1 unspecified atom stereocenters. The van der Waals surface area contributed by atoms with E-state index in [1.807, 2.05) is 53.2 Å². The van der Waals surface area contributed by atoms with Crippen molar-refractivity contribution in [3.8, 4) is 5.75 Å². The lowest BCUT2D eigenvalue weighted by Gasteiger charge is -2.10. The van der Waals surface area contributed by atoms with E-state index >= 15 is 0 Å². The highest BCUT2D eigenvalue weighted by atomic mass is 32.2. The van der Waals surface area contributed by atoms with Crippen LogP contribution < -0.4 is 4.74 Å². The smallest absolute Gasteiger partial charge is 0.134 e. The summed E-state index contributed by atoms with van der Waals surface area (Å²) in [6, 6.07) is 17.6. The fraction of sp³-hybridized carbons (Fsp3) is 0.167. The molecule has 1 heterocycles. The molecule has 23 heavy (non-hydrogen) atoms. The number of imidazole rings is 1. The quantitative estimate of drug-likeness (QED) is 0.698. The molecule has 0 radical (unpaired) electrons. The lowest BCUT2D eigenvalue weighted by atomic mass is 10.2. The number of hydrogen-bond acceptors (Lipinski definition) is 3. The molecule has 0 amide bonds. The largest absolute Gasteiger partial charge is 0.495 e. The van der Waals surface area contributed by atoms with Gasteiger partial charge in [-0.05, 0) is 17.7 Å². The van der Waals surface area contributed by atoms with Crippen molar-refractivity contribution >= 4 is 10.8 Å². The van der Waals surface area contributed by atoms with Crippen molar-refractivity contribution in [2.45, 2.75) is 17.2 Å². The highest BCUT2D eigenvalue weighted by molar-refractivity contribution is 7.84. The van der Waals surface area contributed by atoms with Crippen LogP contribution in [0.3, 0.4) is 0 Å². The van der Waals surface area contributed by atoms with Gasteiger partial charge in [-0.2, -0.15) is 0 Å². The van der Waals surface area contributed by atoms with Crippen molar-refractivity contribution in [3.63, 3.8) is 0 Å². The van der Waals surface area contributed by atoms with Gasteiger partial charge in [-0.15, -0.1) is 0 Å². The van der Waals surface area contributed by atoms with Crippen molar-refractivity contribution < 1.29 is 8.95 Å². The molecule has 0 aliphatic carbocycles. The summed E-state index contributed by atoms with van der Waals surface area (Å²) in [6.45, 7) is 0.722. The summed E-state index contributed by atoms with van der Waals surface area (Å²) in [5, 5.41) is 0. The Morgan fingerprint density at radius 2 is 1.83 bits per heavy atom. The first kappa shape index (κ1) is 15.5. The second-order valence-corrected chi connectivity index (χ2v) is 6.52. The van der Waals surface area contributed by atoms with Crippen LogP contribution in [0, 0.1) is 0 Å². The summed E-state index contributed by atoms with van der Waals surface area (Å²) in [7, 11) is 0.389. The Labute approximate surface area is 138 Å². The molecule has 0 saturated carbocycles. The van der Waals surface area contributed by atoms with Gasteiger partial charge in [0.25, 0.3) is 0 Å². The molecule has 0 aliphatic rings. The Morgan fingerprint density at radius 3 is 2.61 bits per heavy atom. The molecule has 2 aromatic carbocycles. The first-order valence-corrected chi connectivity index (χ1v) is 8.65. The molecule has 0 bridgehead atoms. The summed E-state index contributed by atoms with van der Waals surface area (Å²) in [4.78, 5) is 5.06. The summed E-state index contributed by atoms with van der Waals surface area (Å²) < 4.78 is 20.0. The zero-order valence-electron chi connectivity index (χ0n) is 12.9. The number of methoxy groups -OCH3 is 1. The molecule has 1 aromatic heterocycles. The number of rotatable bonds is 6. The Hall–Kier alpha value is -2.40. The van der Waals surface area contributed by atoms with Gasteiger partial charge in [0.15, 0.2) is 0 Å². The van der Waals surface area contributed by atoms with Crippen LogP contribution in [0.25, 0.3) is 0 Å². The Kier molecular flexibility index (Phi) is 4.88. The zero-order chi connectivity index (χ0) is 16.1. The van der Waals surface area contributed by atoms with Crippen LogP contribution in [-0.4, -0.2) is 20.9 Å². The summed E-state index contributed by atoms with van der Waals surface area (Å²) in [5.74, 6) is 1.81. The van der Waals surface area contributed by atoms with Gasteiger partial charge in [0, 0.05) is 18.9 Å². The van der Waals surface area contributed by atoms with Gasteiger partial charge in [0.2, 0.25) is 0 Å². The molecule has 5 heteroatoms. The van der Waals surface area contributed by atoms with Crippen molar-refractivity contribution in [1.82, 2.24) is 9.55 Å².